The fraction of sp³-hybridized carbons (Fsp3) is 0.250. The minimum atomic E-state index is -1.00. The van der Waals surface area contributed by atoms with Crippen LogP contribution in [0.1, 0.15) is 24.2 Å². The third kappa shape index (κ3) is 6.23. The number of carbonyl (C=O) groups is 3. The lowest BCUT2D eigenvalue weighted by atomic mass is 10.1. The van der Waals surface area contributed by atoms with Crippen LogP contribution in [-0.4, -0.2) is 46.9 Å². The Morgan fingerprint density at radius 3 is 2.19 bits per heavy atom. The van der Waals surface area contributed by atoms with E-state index in [-0.39, 0.29) is 30.9 Å². The zero-order chi connectivity index (χ0) is 19.8. The van der Waals surface area contributed by atoms with Gasteiger partial charge in [-0.05, 0) is 38.1 Å². The molecule has 0 atom stereocenters. The van der Waals surface area contributed by atoms with Crippen LogP contribution in [0.3, 0.4) is 0 Å². The monoisotopic (exact) mass is 369 g/mol. The van der Waals surface area contributed by atoms with Crippen molar-refractivity contribution < 1.29 is 19.5 Å². The van der Waals surface area contributed by atoms with E-state index in [1.807, 2.05) is 32.0 Å². The summed E-state index contributed by atoms with van der Waals surface area (Å²) in [5, 5.41) is 14.4. The number of carboxylic acid groups (broad SMARTS) is 1. The van der Waals surface area contributed by atoms with E-state index in [2.05, 4.69) is 10.6 Å². The van der Waals surface area contributed by atoms with Gasteiger partial charge in [0.2, 0.25) is 5.91 Å². The van der Waals surface area contributed by atoms with Crippen LogP contribution in [-0.2, 0) is 9.59 Å². The number of rotatable bonds is 8. The van der Waals surface area contributed by atoms with Crippen LogP contribution in [0.2, 0.25) is 0 Å². The van der Waals surface area contributed by atoms with E-state index < -0.39 is 5.97 Å². The van der Waals surface area contributed by atoms with Crippen LogP contribution in [0.5, 0.6) is 0 Å². The lowest BCUT2D eigenvalue weighted by Gasteiger charge is -2.23. The van der Waals surface area contributed by atoms with Crippen LogP contribution in [0.4, 0.5) is 11.4 Å². The van der Waals surface area contributed by atoms with Crippen molar-refractivity contribution in [2.24, 2.45) is 0 Å². The number of anilines is 2. The molecule has 0 aliphatic carbocycles. The Balaban J connectivity index is 2.09. The third-order valence-electron chi connectivity index (χ3n) is 3.89. The van der Waals surface area contributed by atoms with Gasteiger partial charge in [-0.1, -0.05) is 30.3 Å². The van der Waals surface area contributed by atoms with Gasteiger partial charge in [-0.15, -0.1) is 0 Å². The van der Waals surface area contributed by atoms with Crippen molar-refractivity contribution in [1.29, 1.82) is 0 Å². The number of hydrogen-bond acceptors (Lipinski definition) is 4. The van der Waals surface area contributed by atoms with E-state index in [4.69, 9.17) is 5.11 Å². The smallest absolute Gasteiger partial charge is 0.317 e. The Labute approximate surface area is 158 Å². The quantitative estimate of drug-likeness (QED) is 0.664. The molecule has 0 aliphatic rings. The molecular formula is C20H23N3O4. The molecule has 0 radical (unpaired) electrons. The molecule has 0 heterocycles. The maximum atomic E-state index is 12.5. The summed E-state index contributed by atoms with van der Waals surface area (Å²) >= 11 is 0. The van der Waals surface area contributed by atoms with Gasteiger partial charge in [0.1, 0.15) is 0 Å². The molecule has 2 aromatic carbocycles. The summed E-state index contributed by atoms with van der Waals surface area (Å²) in [6, 6.07) is 15.6. The van der Waals surface area contributed by atoms with Gasteiger partial charge in [-0.2, -0.15) is 0 Å². The Morgan fingerprint density at radius 1 is 0.926 bits per heavy atom. The second-order valence-corrected chi connectivity index (χ2v) is 6.31. The number of carbonyl (C=O) groups excluding carboxylic acids is 2. The number of carboxylic acids is 1. The zero-order valence-electron chi connectivity index (χ0n) is 15.3. The van der Waals surface area contributed by atoms with E-state index in [1.54, 1.807) is 36.4 Å². The summed E-state index contributed by atoms with van der Waals surface area (Å²) in [5.41, 5.74) is 1.34. The van der Waals surface area contributed by atoms with Gasteiger partial charge in [0.05, 0.1) is 24.3 Å². The number of aliphatic carboxylic acids is 1. The molecule has 2 rings (SSSR count). The predicted octanol–water partition coefficient (Wildman–Crippen LogP) is 2.67. The Morgan fingerprint density at radius 2 is 1.56 bits per heavy atom. The molecule has 0 aliphatic heterocycles. The molecule has 7 heteroatoms. The number of hydrogen-bond donors (Lipinski definition) is 3. The van der Waals surface area contributed by atoms with Crippen molar-refractivity contribution in [1.82, 2.24) is 4.90 Å². The van der Waals surface area contributed by atoms with Crippen LogP contribution < -0.4 is 10.6 Å². The van der Waals surface area contributed by atoms with E-state index >= 15 is 0 Å². The summed E-state index contributed by atoms with van der Waals surface area (Å²) in [6.07, 6.45) is 0. The van der Waals surface area contributed by atoms with Crippen LogP contribution in [0.25, 0.3) is 0 Å². The molecular weight excluding hydrogens is 346 g/mol. The zero-order valence-corrected chi connectivity index (χ0v) is 15.3. The van der Waals surface area contributed by atoms with Gasteiger partial charge < -0.3 is 15.7 Å². The highest BCUT2D eigenvalue weighted by Crippen LogP contribution is 2.17. The van der Waals surface area contributed by atoms with Gasteiger partial charge in [0.25, 0.3) is 5.91 Å². The summed E-state index contributed by atoms with van der Waals surface area (Å²) in [6.45, 7) is 3.31. The maximum Gasteiger partial charge on any atom is 0.317 e. The van der Waals surface area contributed by atoms with Crippen molar-refractivity contribution in [2.75, 3.05) is 23.7 Å². The first-order chi connectivity index (χ1) is 12.9. The third-order valence-corrected chi connectivity index (χ3v) is 3.89. The second-order valence-electron chi connectivity index (χ2n) is 6.31. The minimum absolute atomic E-state index is 0.0847. The molecule has 27 heavy (non-hydrogen) atoms. The number of benzene rings is 2. The first kappa shape index (κ1) is 20.1. The lowest BCUT2D eigenvalue weighted by molar-refractivity contribution is -0.139. The fourth-order valence-electron chi connectivity index (χ4n) is 2.48. The average molecular weight is 369 g/mol. The van der Waals surface area contributed by atoms with Gasteiger partial charge in [0.15, 0.2) is 0 Å². The minimum Gasteiger partial charge on any atom is -0.480 e. The van der Waals surface area contributed by atoms with Crippen molar-refractivity contribution in [2.45, 2.75) is 19.9 Å². The van der Waals surface area contributed by atoms with Crippen LogP contribution in [0, 0.1) is 0 Å². The molecule has 2 amide bonds. The van der Waals surface area contributed by atoms with Gasteiger partial charge >= 0.3 is 5.97 Å². The normalized spacial score (nSPS) is 10.7. The van der Waals surface area contributed by atoms with Crippen molar-refractivity contribution in [3.05, 3.63) is 60.2 Å². The molecule has 7 nitrogen and oxygen atoms in total. The Kier molecular flexibility index (Phi) is 7.08. The summed E-state index contributed by atoms with van der Waals surface area (Å²) in [7, 11) is 0. The number of amides is 2. The van der Waals surface area contributed by atoms with E-state index in [1.165, 1.54) is 4.90 Å². The second kappa shape index (κ2) is 9.49. The highest BCUT2D eigenvalue weighted by molar-refractivity contribution is 6.10. The van der Waals surface area contributed by atoms with Crippen molar-refractivity contribution in [3.8, 4) is 0 Å². The number of nitrogens with zero attached hydrogens (tertiary/aromatic N) is 1. The predicted molar refractivity (Wildman–Crippen MR) is 104 cm³/mol. The molecule has 0 saturated heterocycles. The topological polar surface area (TPSA) is 98.7 Å². The summed E-state index contributed by atoms with van der Waals surface area (Å²) in [4.78, 5) is 37.4. The molecule has 0 aromatic heterocycles. The highest BCUT2D eigenvalue weighted by atomic mass is 16.4. The molecule has 142 valence electrons. The Hall–Kier alpha value is -3.19. The molecule has 0 fully saturated rings. The standard InChI is InChI=1S/C20H23N3O4/c1-14(2)23(13-19(25)26)12-18(24)22-17-11-7-6-10-16(17)20(27)21-15-8-4-3-5-9-15/h3-11,14H,12-13H2,1-2H3,(H,21,27)(H,22,24)(H,25,26). The van der Waals surface area contributed by atoms with Gasteiger partial charge in [0, 0.05) is 11.7 Å². The van der Waals surface area contributed by atoms with Crippen LogP contribution >= 0.6 is 0 Å². The molecule has 3 N–H and O–H groups in total. The number of para-hydroxylation sites is 2. The summed E-state index contributed by atoms with van der Waals surface area (Å²) in [5.74, 6) is -1.73. The molecule has 0 bridgehead atoms. The first-order valence-corrected chi connectivity index (χ1v) is 8.58. The first-order valence-electron chi connectivity index (χ1n) is 8.58. The average Bonchev–Trinajstić information content (AvgIpc) is 2.62. The Bertz CT molecular complexity index is 806. The maximum absolute atomic E-state index is 12.5. The van der Waals surface area contributed by atoms with Crippen LogP contribution in [0.15, 0.2) is 54.6 Å². The van der Waals surface area contributed by atoms with Crippen molar-refractivity contribution in [3.63, 3.8) is 0 Å². The molecule has 2 aromatic rings. The van der Waals surface area contributed by atoms with E-state index in [0.29, 0.717) is 16.9 Å². The molecule has 0 saturated carbocycles. The SMILES string of the molecule is CC(C)N(CC(=O)O)CC(=O)Nc1ccccc1C(=O)Nc1ccccc1. The van der Waals surface area contributed by atoms with Gasteiger partial charge in [-0.3, -0.25) is 19.3 Å². The summed E-state index contributed by atoms with van der Waals surface area (Å²) < 4.78 is 0. The lowest BCUT2D eigenvalue weighted by Crippen LogP contribution is -2.41. The van der Waals surface area contributed by atoms with Gasteiger partial charge in [-0.25, -0.2) is 0 Å². The van der Waals surface area contributed by atoms with E-state index in [9.17, 15) is 14.4 Å². The molecule has 0 spiro atoms. The largest absolute Gasteiger partial charge is 0.480 e. The van der Waals surface area contributed by atoms with Crippen molar-refractivity contribution >= 4 is 29.2 Å². The molecule has 0 unspecified atom stereocenters. The number of nitrogens with one attached hydrogen (secondary N) is 2. The fourth-order valence-corrected chi connectivity index (χ4v) is 2.48. The van der Waals surface area contributed by atoms with E-state index in [0.717, 1.165) is 0 Å². The highest BCUT2D eigenvalue weighted by Gasteiger charge is 2.19.